The van der Waals surface area contributed by atoms with Crippen molar-refractivity contribution in [1.29, 1.82) is 0 Å². The number of thiazole rings is 1. The van der Waals surface area contributed by atoms with Gasteiger partial charge in [0.2, 0.25) is 0 Å². The van der Waals surface area contributed by atoms with Crippen molar-refractivity contribution in [3.8, 4) is 0 Å². The van der Waals surface area contributed by atoms with Gasteiger partial charge in [-0.15, -0.1) is 12.4 Å². The maximum absolute atomic E-state index is 13.0. The first-order chi connectivity index (χ1) is 13.8. The van der Waals surface area contributed by atoms with Crippen LogP contribution in [-0.4, -0.2) is 47.9 Å². The minimum atomic E-state index is -0.430. The molecule has 0 saturated heterocycles. The minimum Gasteiger partial charge on any atom is -0.309 e. The smallest absolute Gasteiger partial charge is 0.309 e. The van der Waals surface area contributed by atoms with Crippen molar-refractivity contribution in [1.82, 2.24) is 9.88 Å². The number of nitro groups is 1. The molecule has 3 rings (SSSR count). The number of aryl methyl sites for hydroxylation is 1. The normalized spacial score (nSPS) is 11.2. The maximum atomic E-state index is 13.0. The highest BCUT2D eigenvalue weighted by Gasteiger charge is 2.18. The Balaban J connectivity index is 0.00000320. The molecule has 0 saturated carbocycles. The Hall–Kier alpha value is -2.33. The zero-order valence-corrected chi connectivity index (χ0v) is 19.4. The van der Waals surface area contributed by atoms with Gasteiger partial charge in [0.25, 0.3) is 5.91 Å². The van der Waals surface area contributed by atoms with Crippen LogP contribution in [0.25, 0.3) is 16.3 Å². The van der Waals surface area contributed by atoms with Crippen molar-refractivity contribution in [2.24, 2.45) is 0 Å². The molecular formula is C20H23ClN4O3S2. The summed E-state index contributed by atoms with van der Waals surface area (Å²) in [7, 11) is 3.99. The number of fused-ring (bicyclic) bond motifs is 1. The Labute approximate surface area is 189 Å². The molecule has 2 aromatic heterocycles. The number of benzene rings is 1. The van der Waals surface area contributed by atoms with Crippen LogP contribution in [0.1, 0.15) is 16.9 Å². The van der Waals surface area contributed by atoms with Gasteiger partial charge in [0, 0.05) is 23.6 Å². The third kappa shape index (κ3) is 5.85. The van der Waals surface area contributed by atoms with Crippen molar-refractivity contribution in [2.45, 2.75) is 13.3 Å². The van der Waals surface area contributed by atoms with Crippen LogP contribution in [0.4, 0.5) is 10.1 Å². The van der Waals surface area contributed by atoms with E-state index in [4.69, 9.17) is 4.98 Å². The summed E-state index contributed by atoms with van der Waals surface area (Å²) < 4.78 is 1.04. The number of rotatable bonds is 8. The zero-order chi connectivity index (χ0) is 21.0. The molecule has 7 nitrogen and oxygen atoms in total. The highest BCUT2D eigenvalue weighted by molar-refractivity contribution is 7.22. The standard InChI is InChI=1S/C20H22N4O3S2.ClH/c1-14-6-4-7-16-19(14)21-20(29-16)23(13-5-12-22(2)3)17(25)10-8-15-9-11-18(28-15)24(26)27;/h4,6-11H,5,12-13H2,1-3H3;1H. The van der Waals surface area contributed by atoms with Crippen LogP contribution in [0.15, 0.2) is 36.4 Å². The van der Waals surface area contributed by atoms with E-state index >= 15 is 0 Å². The Morgan fingerprint density at radius 2 is 1.97 bits per heavy atom. The second-order valence-corrected chi connectivity index (χ2v) is 8.93. The van der Waals surface area contributed by atoms with E-state index in [2.05, 4.69) is 4.90 Å². The quantitative estimate of drug-likeness (QED) is 0.265. The van der Waals surface area contributed by atoms with E-state index in [-0.39, 0.29) is 23.3 Å². The summed E-state index contributed by atoms with van der Waals surface area (Å²) in [6.07, 6.45) is 3.90. The average molecular weight is 467 g/mol. The molecule has 0 radical (unpaired) electrons. The third-order valence-corrected chi connectivity index (χ3v) is 6.32. The molecular weight excluding hydrogens is 444 g/mol. The van der Waals surface area contributed by atoms with Crippen molar-refractivity contribution in [3.05, 3.63) is 57.0 Å². The van der Waals surface area contributed by atoms with Gasteiger partial charge in [-0.2, -0.15) is 0 Å². The van der Waals surface area contributed by atoms with E-state index in [9.17, 15) is 14.9 Å². The van der Waals surface area contributed by atoms with Gasteiger partial charge in [0.05, 0.1) is 15.1 Å². The molecule has 0 aliphatic carbocycles. The van der Waals surface area contributed by atoms with Crippen molar-refractivity contribution < 1.29 is 9.72 Å². The molecule has 0 aliphatic rings. The SMILES string of the molecule is Cc1cccc2sc(N(CCCN(C)C)C(=O)C=Cc3ccc([N+](=O)[O-])s3)nc12.Cl. The topological polar surface area (TPSA) is 79.6 Å². The van der Waals surface area contributed by atoms with Crippen LogP contribution >= 0.6 is 35.1 Å². The fraction of sp³-hybridized carbons (Fsp3) is 0.300. The fourth-order valence-electron chi connectivity index (χ4n) is 2.81. The van der Waals surface area contributed by atoms with Gasteiger partial charge >= 0.3 is 5.00 Å². The third-order valence-electron chi connectivity index (χ3n) is 4.28. The van der Waals surface area contributed by atoms with E-state index in [1.807, 2.05) is 39.2 Å². The fourth-order valence-corrected chi connectivity index (χ4v) is 4.61. The Bertz CT molecular complexity index is 1060. The summed E-state index contributed by atoms with van der Waals surface area (Å²) in [5.74, 6) is -0.184. The molecule has 2 heterocycles. The monoisotopic (exact) mass is 466 g/mol. The van der Waals surface area contributed by atoms with Crippen molar-refractivity contribution in [3.63, 3.8) is 0 Å². The predicted octanol–water partition coefficient (Wildman–Crippen LogP) is 4.99. The summed E-state index contributed by atoms with van der Waals surface area (Å²) >= 11 is 2.54. The number of aromatic nitrogens is 1. The zero-order valence-electron chi connectivity index (χ0n) is 16.9. The lowest BCUT2D eigenvalue weighted by Crippen LogP contribution is -2.32. The number of amides is 1. The molecule has 0 bridgehead atoms. The van der Waals surface area contributed by atoms with Crippen molar-refractivity contribution >= 4 is 67.4 Å². The maximum Gasteiger partial charge on any atom is 0.324 e. The molecule has 0 fully saturated rings. The lowest BCUT2D eigenvalue weighted by molar-refractivity contribution is -0.380. The van der Waals surface area contributed by atoms with Crippen LogP contribution in [0.5, 0.6) is 0 Å². The number of anilines is 1. The van der Waals surface area contributed by atoms with Gasteiger partial charge in [-0.3, -0.25) is 19.8 Å². The minimum absolute atomic E-state index is 0. The summed E-state index contributed by atoms with van der Waals surface area (Å²) in [5, 5.41) is 11.6. The summed E-state index contributed by atoms with van der Waals surface area (Å²) in [6, 6.07) is 9.09. The first kappa shape index (κ1) is 23.9. The number of para-hydroxylation sites is 1. The molecule has 0 N–H and O–H groups in total. The van der Waals surface area contributed by atoms with Crippen LogP contribution in [0.3, 0.4) is 0 Å². The molecule has 3 aromatic rings. The lowest BCUT2D eigenvalue weighted by atomic mass is 10.2. The van der Waals surface area contributed by atoms with Crippen LogP contribution in [0.2, 0.25) is 0 Å². The Morgan fingerprint density at radius 1 is 1.20 bits per heavy atom. The Kier molecular flexibility index (Phi) is 8.48. The number of halogens is 1. The molecule has 10 heteroatoms. The number of nitrogens with zero attached hydrogens (tertiary/aromatic N) is 4. The number of hydrogen-bond acceptors (Lipinski definition) is 7. The van der Waals surface area contributed by atoms with Gasteiger partial charge < -0.3 is 4.90 Å². The van der Waals surface area contributed by atoms with E-state index in [0.717, 1.165) is 40.1 Å². The van der Waals surface area contributed by atoms with Gasteiger partial charge in [-0.1, -0.05) is 34.8 Å². The first-order valence-electron chi connectivity index (χ1n) is 9.10. The van der Waals surface area contributed by atoms with E-state index in [1.54, 1.807) is 17.0 Å². The van der Waals surface area contributed by atoms with E-state index in [1.165, 1.54) is 23.5 Å². The predicted molar refractivity (Wildman–Crippen MR) is 127 cm³/mol. The number of carbonyl (C=O) groups is 1. The largest absolute Gasteiger partial charge is 0.324 e. The molecule has 0 atom stereocenters. The Morgan fingerprint density at radius 3 is 2.60 bits per heavy atom. The lowest BCUT2D eigenvalue weighted by Gasteiger charge is -2.19. The van der Waals surface area contributed by atoms with Gasteiger partial charge in [-0.25, -0.2) is 4.98 Å². The van der Waals surface area contributed by atoms with Crippen molar-refractivity contribution in [2.75, 3.05) is 32.1 Å². The molecule has 0 aliphatic heterocycles. The number of thiophene rings is 1. The van der Waals surface area contributed by atoms with Crippen LogP contribution < -0.4 is 4.90 Å². The summed E-state index contributed by atoms with van der Waals surface area (Å²) in [5.41, 5.74) is 1.99. The molecule has 30 heavy (non-hydrogen) atoms. The molecule has 0 spiro atoms. The highest BCUT2D eigenvalue weighted by atomic mass is 35.5. The second kappa shape index (κ2) is 10.6. The van der Waals surface area contributed by atoms with Crippen LogP contribution in [-0.2, 0) is 4.79 Å². The van der Waals surface area contributed by atoms with Crippen LogP contribution in [0, 0.1) is 17.0 Å². The van der Waals surface area contributed by atoms with E-state index in [0.29, 0.717) is 16.6 Å². The molecule has 0 unspecified atom stereocenters. The highest BCUT2D eigenvalue weighted by Crippen LogP contribution is 2.31. The molecule has 1 amide bonds. The molecule has 1 aromatic carbocycles. The number of carbonyl (C=O) groups excluding carboxylic acids is 1. The van der Waals surface area contributed by atoms with E-state index < -0.39 is 4.92 Å². The number of hydrogen-bond donors (Lipinski definition) is 0. The average Bonchev–Trinajstić information content (AvgIpc) is 3.31. The molecule has 160 valence electrons. The first-order valence-corrected chi connectivity index (χ1v) is 10.7. The van der Waals surface area contributed by atoms with Gasteiger partial charge in [0.15, 0.2) is 5.13 Å². The van der Waals surface area contributed by atoms with Gasteiger partial charge in [-0.05, 0) is 57.8 Å². The summed E-state index contributed by atoms with van der Waals surface area (Å²) in [6.45, 7) is 3.41. The second-order valence-electron chi connectivity index (χ2n) is 6.83. The summed E-state index contributed by atoms with van der Waals surface area (Å²) in [4.78, 5) is 32.5. The van der Waals surface area contributed by atoms with Gasteiger partial charge in [0.1, 0.15) is 0 Å².